The Morgan fingerprint density at radius 2 is 1.84 bits per heavy atom. The van der Waals surface area contributed by atoms with Gasteiger partial charge in [0.05, 0.1) is 19.2 Å². The van der Waals surface area contributed by atoms with E-state index in [2.05, 4.69) is 15.3 Å². The quantitative estimate of drug-likeness (QED) is 0.401. The summed E-state index contributed by atoms with van der Waals surface area (Å²) < 4.78 is 24.5. The van der Waals surface area contributed by atoms with E-state index in [1.54, 1.807) is 19.2 Å². The number of unbranched alkanes of at least 4 members (excludes halogenated alkanes) is 3. The largest absolute Gasteiger partial charge is 0.493 e. The van der Waals surface area contributed by atoms with Gasteiger partial charge in [-0.3, -0.25) is 4.79 Å². The number of aromatic nitrogens is 2. The molecule has 1 aromatic heterocycles. The van der Waals surface area contributed by atoms with Gasteiger partial charge in [0.15, 0.2) is 11.5 Å². The maximum Gasteiger partial charge on any atom is 0.303 e. The minimum absolute atomic E-state index is 0.201. The molecule has 0 atom stereocenters. The molecule has 164 valence electrons. The smallest absolute Gasteiger partial charge is 0.303 e. The Morgan fingerprint density at radius 3 is 2.58 bits per heavy atom. The van der Waals surface area contributed by atoms with E-state index < -0.39 is 5.97 Å². The van der Waals surface area contributed by atoms with Crippen molar-refractivity contribution in [1.82, 2.24) is 9.97 Å². The van der Waals surface area contributed by atoms with Gasteiger partial charge in [0, 0.05) is 24.4 Å². The Bertz CT molecular complexity index is 1010. The van der Waals surface area contributed by atoms with E-state index in [4.69, 9.17) is 14.6 Å². The minimum Gasteiger partial charge on any atom is -0.493 e. The molecular formula is C23H26FN3O4. The molecule has 0 radical (unpaired) electrons. The van der Waals surface area contributed by atoms with E-state index in [0.717, 1.165) is 35.7 Å². The van der Waals surface area contributed by atoms with Crippen LogP contribution in [0.4, 0.5) is 10.2 Å². The lowest BCUT2D eigenvalue weighted by Crippen LogP contribution is -2.04. The second kappa shape index (κ2) is 11.1. The third-order valence-electron chi connectivity index (χ3n) is 4.84. The Labute approximate surface area is 180 Å². The third-order valence-corrected chi connectivity index (χ3v) is 4.84. The molecule has 2 N–H and O–H groups in total. The number of carboxylic acids is 1. The van der Waals surface area contributed by atoms with Crippen molar-refractivity contribution < 1.29 is 23.8 Å². The van der Waals surface area contributed by atoms with Gasteiger partial charge in [-0.05, 0) is 36.6 Å². The molecule has 8 heteroatoms. The van der Waals surface area contributed by atoms with E-state index >= 15 is 0 Å². The fourth-order valence-corrected chi connectivity index (χ4v) is 3.18. The zero-order valence-electron chi connectivity index (χ0n) is 17.4. The zero-order chi connectivity index (χ0) is 22.1. The van der Waals surface area contributed by atoms with Gasteiger partial charge in [-0.1, -0.05) is 25.0 Å². The lowest BCUT2D eigenvalue weighted by molar-refractivity contribution is -0.137. The third kappa shape index (κ3) is 6.53. The first-order chi connectivity index (χ1) is 15.1. The molecule has 0 amide bonds. The van der Waals surface area contributed by atoms with E-state index in [1.807, 2.05) is 12.1 Å². The molecule has 31 heavy (non-hydrogen) atoms. The fraction of sp³-hybridized carbons (Fsp3) is 0.348. The molecule has 3 rings (SSSR count). The molecule has 0 saturated heterocycles. The normalized spacial score (nSPS) is 10.8. The van der Waals surface area contributed by atoms with E-state index in [-0.39, 0.29) is 12.2 Å². The molecule has 1 heterocycles. The van der Waals surface area contributed by atoms with E-state index in [1.165, 1.54) is 18.5 Å². The molecule has 0 aliphatic rings. The van der Waals surface area contributed by atoms with Crippen molar-refractivity contribution in [3.63, 3.8) is 0 Å². The van der Waals surface area contributed by atoms with Crippen molar-refractivity contribution in [2.75, 3.05) is 19.0 Å². The van der Waals surface area contributed by atoms with Crippen LogP contribution in [0.15, 0.2) is 42.7 Å². The van der Waals surface area contributed by atoms with Crippen LogP contribution in [0.2, 0.25) is 0 Å². The van der Waals surface area contributed by atoms with Crippen molar-refractivity contribution in [1.29, 1.82) is 0 Å². The number of methoxy groups -OCH3 is 1. The number of anilines is 1. The standard InChI is InChI=1S/C23H26FN3O4/c1-30-20-13-19-18(12-21(20)31-11-5-3-2-4-6-22(28)29)23(27-15-26-19)25-14-16-7-9-17(24)10-8-16/h7-10,12-13,15H,2-6,11,14H2,1H3,(H,28,29)(H,25,26,27). The van der Waals surface area contributed by atoms with E-state index in [9.17, 15) is 9.18 Å². The fourth-order valence-electron chi connectivity index (χ4n) is 3.18. The van der Waals surface area contributed by atoms with Gasteiger partial charge in [0.25, 0.3) is 0 Å². The number of fused-ring (bicyclic) bond motifs is 1. The average molecular weight is 427 g/mol. The summed E-state index contributed by atoms with van der Waals surface area (Å²) in [6, 6.07) is 9.95. The maximum absolute atomic E-state index is 13.1. The van der Waals surface area contributed by atoms with Crippen molar-refractivity contribution in [3.8, 4) is 11.5 Å². The zero-order valence-corrected chi connectivity index (χ0v) is 17.4. The summed E-state index contributed by atoms with van der Waals surface area (Å²) in [6.45, 7) is 0.992. The van der Waals surface area contributed by atoms with Crippen molar-refractivity contribution in [3.05, 3.63) is 54.1 Å². The number of carbonyl (C=O) groups is 1. The summed E-state index contributed by atoms with van der Waals surface area (Å²) in [5.41, 5.74) is 1.65. The van der Waals surface area contributed by atoms with Gasteiger partial charge in [-0.15, -0.1) is 0 Å². The summed E-state index contributed by atoms with van der Waals surface area (Å²) in [5, 5.41) is 12.7. The Hall–Kier alpha value is -3.42. The maximum atomic E-state index is 13.1. The van der Waals surface area contributed by atoms with Crippen LogP contribution in [0, 0.1) is 5.82 Å². The molecule has 3 aromatic rings. The van der Waals surface area contributed by atoms with E-state index in [0.29, 0.717) is 36.9 Å². The summed E-state index contributed by atoms with van der Waals surface area (Å²) in [7, 11) is 1.58. The average Bonchev–Trinajstić information content (AvgIpc) is 2.77. The van der Waals surface area contributed by atoms with Crippen molar-refractivity contribution in [2.24, 2.45) is 0 Å². The highest BCUT2D eigenvalue weighted by Gasteiger charge is 2.12. The minimum atomic E-state index is -0.761. The SMILES string of the molecule is COc1cc2ncnc(NCc3ccc(F)cc3)c2cc1OCCCCCCC(=O)O. The lowest BCUT2D eigenvalue weighted by Gasteiger charge is -2.14. The molecule has 0 bridgehead atoms. The molecule has 7 nitrogen and oxygen atoms in total. The van der Waals surface area contributed by atoms with Crippen molar-refractivity contribution >= 4 is 22.7 Å². The van der Waals surface area contributed by atoms with Crippen LogP contribution in [0.3, 0.4) is 0 Å². The highest BCUT2D eigenvalue weighted by molar-refractivity contribution is 5.91. The predicted octanol–water partition coefficient (Wildman–Crippen LogP) is 4.80. The van der Waals surface area contributed by atoms with Crippen LogP contribution in [-0.2, 0) is 11.3 Å². The highest BCUT2D eigenvalue weighted by atomic mass is 19.1. The molecule has 0 saturated carbocycles. The van der Waals surface area contributed by atoms with Gasteiger partial charge in [0.1, 0.15) is 18.0 Å². The van der Waals surface area contributed by atoms with Crippen LogP contribution in [0.25, 0.3) is 10.9 Å². The second-order valence-electron chi connectivity index (χ2n) is 7.13. The Morgan fingerprint density at radius 1 is 1.06 bits per heavy atom. The van der Waals surface area contributed by atoms with Gasteiger partial charge in [-0.2, -0.15) is 0 Å². The molecule has 0 aliphatic carbocycles. The number of hydrogen-bond acceptors (Lipinski definition) is 6. The van der Waals surface area contributed by atoms with Crippen LogP contribution in [0.5, 0.6) is 11.5 Å². The van der Waals surface area contributed by atoms with Gasteiger partial charge >= 0.3 is 5.97 Å². The number of aliphatic carboxylic acids is 1. The van der Waals surface area contributed by atoms with Gasteiger partial charge in [-0.25, -0.2) is 14.4 Å². The number of rotatable bonds is 12. The number of nitrogens with one attached hydrogen (secondary N) is 1. The molecule has 0 aliphatic heterocycles. The monoisotopic (exact) mass is 427 g/mol. The first kappa shape index (κ1) is 22.3. The molecule has 2 aromatic carbocycles. The number of halogens is 1. The first-order valence-electron chi connectivity index (χ1n) is 10.2. The highest BCUT2D eigenvalue weighted by Crippen LogP contribution is 2.34. The Balaban J connectivity index is 1.66. The number of benzene rings is 2. The number of carboxylic acid groups (broad SMARTS) is 1. The molecule has 0 fully saturated rings. The summed E-state index contributed by atoms with van der Waals surface area (Å²) in [5.74, 6) is 0.799. The molecular weight excluding hydrogens is 401 g/mol. The number of ether oxygens (including phenoxy) is 2. The summed E-state index contributed by atoms with van der Waals surface area (Å²) >= 11 is 0. The van der Waals surface area contributed by atoms with Crippen LogP contribution in [0.1, 0.15) is 37.7 Å². The first-order valence-corrected chi connectivity index (χ1v) is 10.2. The second-order valence-corrected chi connectivity index (χ2v) is 7.13. The predicted molar refractivity (Wildman–Crippen MR) is 116 cm³/mol. The van der Waals surface area contributed by atoms with Crippen molar-refractivity contribution in [2.45, 2.75) is 38.6 Å². The summed E-state index contributed by atoms with van der Waals surface area (Å²) in [6.07, 6.45) is 4.93. The van der Waals surface area contributed by atoms with Crippen LogP contribution >= 0.6 is 0 Å². The van der Waals surface area contributed by atoms with Gasteiger partial charge in [0.2, 0.25) is 0 Å². The van der Waals surface area contributed by atoms with Gasteiger partial charge < -0.3 is 19.9 Å². The molecule has 0 unspecified atom stereocenters. The van der Waals surface area contributed by atoms with Crippen LogP contribution in [-0.4, -0.2) is 34.8 Å². The lowest BCUT2D eigenvalue weighted by atomic mass is 10.1. The Kier molecular flexibility index (Phi) is 7.98. The summed E-state index contributed by atoms with van der Waals surface area (Å²) in [4.78, 5) is 19.2. The number of hydrogen-bond donors (Lipinski definition) is 2. The number of nitrogens with zero attached hydrogens (tertiary/aromatic N) is 2. The topological polar surface area (TPSA) is 93.6 Å². The van der Waals surface area contributed by atoms with Crippen LogP contribution < -0.4 is 14.8 Å². The molecule has 0 spiro atoms.